The maximum absolute atomic E-state index is 5.77. The number of nitrogens with two attached hydrogens (primary N) is 1. The molecular weight excluding hydrogens is 294 g/mol. The van der Waals surface area contributed by atoms with Crippen molar-refractivity contribution in [1.82, 2.24) is 9.55 Å². The van der Waals surface area contributed by atoms with Crippen molar-refractivity contribution in [3.05, 3.63) is 42.2 Å². The lowest BCUT2D eigenvalue weighted by atomic mass is 10.2. The highest BCUT2D eigenvalue weighted by Gasteiger charge is 2.17. The van der Waals surface area contributed by atoms with Crippen LogP contribution in [0.15, 0.2) is 36.4 Å². The van der Waals surface area contributed by atoms with Crippen LogP contribution in [0.25, 0.3) is 11.0 Å². The number of anilines is 1. The average molecular weight is 311 g/mol. The number of fused-ring (bicyclic) bond motifs is 2. The average Bonchev–Trinajstić information content (AvgIpc) is 3.09. The first-order chi connectivity index (χ1) is 11.2. The number of nitrogens with zero attached hydrogens (tertiary/aromatic N) is 2. The van der Waals surface area contributed by atoms with Crippen molar-refractivity contribution in [3.63, 3.8) is 0 Å². The quantitative estimate of drug-likeness (QED) is 0.750. The summed E-state index contributed by atoms with van der Waals surface area (Å²) in [5, 5.41) is 0. The van der Waals surface area contributed by atoms with Crippen LogP contribution >= 0.6 is 0 Å². The number of hydrogen-bond donors (Lipinski definition) is 1. The molecule has 6 nitrogen and oxygen atoms in total. The minimum atomic E-state index is 0.263. The highest BCUT2D eigenvalue weighted by atomic mass is 16.7. The molecule has 1 aliphatic rings. The third-order valence-corrected chi connectivity index (χ3v) is 3.88. The second kappa shape index (κ2) is 5.39. The zero-order valence-electron chi connectivity index (χ0n) is 12.8. The Morgan fingerprint density at radius 1 is 1.22 bits per heavy atom. The van der Waals surface area contributed by atoms with Gasteiger partial charge in [0, 0.05) is 23.9 Å². The zero-order valence-corrected chi connectivity index (χ0v) is 12.8. The molecule has 118 valence electrons. The molecule has 4 rings (SSSR count). The van der Waals surface area contributed by atoms with Crippen molar-refractivity contribution in [2.75, 3.05) is 19.1 Å². The molecule has 0 spiro atoms. The molecule has 1 aromatic heterocycles. The van der Waals surface area contributed by atoms with Crippen LogP contribution in [0, 0.1) is 6.92 Å². The Morgan fingerprint density at radius 2 is 2.04 bits per heavy atom. The molecule has 0 bridgehead atoms. The van der Waals surface area contributed by atoms with Gasteiger partial charge >= 0.3 is 0 Å². The van der Waals surface area contributed by atoms with Gasteiger partial charge in [0.15, 0.2) is 11.5 Å². The van der Waals surface area contributed by atoms with Gasteiger partial charge in [-0.05, 0) is 19.1 Å². The van der Waals surface area contributed by atoms with E-state index in [2.05, 4.69) is 9.55 Å². The van der Waals surface area contributed by atoms with Gasteiger partial charge in [-0.2, -0.15) is 0 Å². The number of ether oxygens (including phenoxy) is 3. The standard InChI is InChI=1S/C17H17N3O3/c1-11-19-14-8-16-17(23-10-22-16)9-15(14)20(11)5-6-21-13-4-2-3-12(18)7-13/h2-4,7-9H,5-6,10,18H2,1H3. The van der Waals surface area contributed by atoms with Crippen molar-refractivity contribution in [2.45, 2.75) is 13.5 Å². The Bertz CT molecular complexity index is 873. The molecule has 0 saturated heterocycles. The number of imidazole rings is 1. The van der Waals surface area contributed by atoms with Gasteiger partial charge in [-0.25, -0.2) is 4.98 Å². The number of aryl methyl sites for hydroxylation is 1. The third kappa shape index (κ3) is 2.52. The van der Waals surface area contributed by atoms with Crippen LogP contribution in [0.5, 0.6) is 17.2 Å². The Balaban J connectivity index is 1.55. The maximum Gasteiger partial charge on any atom is 0.231 e. The molecule has 3 aromatic rings. The van der Waals surface area contributed by atoms with Crippen LogP contribution in [0.2, 0.25) is 0 Å². The van der Waals surface area contributed by atoms with Gasteiger partial charge in [-0.3, -0.25) is 0 Å². The smallest absolute Gasteiger partial charge is 0.231 e. The lowest BCUT2D eigenvalue weighted by molar-refractivity contribution is 0.174. The van der Waals surface area contributed by atoms with Gasteiger partial charge in [0.1, 0.15) is 18.2 Å². The largest absolute Gasteiger partial charge is 0.492 e. The first-order valence-corrected chi connectivity index (χ1v) is 7.45. The number of benzene rings is 2. The van der Waals surface area contributed by atoms with Gasteiger partial charge in [0.25, 0.3) is 0 Å². The van der Waals surface area contributed by atoms with Gasteiger partial charge in [-0.15, -0.1) is 0 Å². The second-order valence-electron chi connectivity index (χ2n) is 5.43. The molecule has 0 atom stereocenters. The minimum absolute atomic E-state index is 0.263. The molecule has 1 aliphatic heterocycles. The third-order valence-electron chi connectivity index (χ3n) is 3.88. The number of nitrogen functional groups attached to an aromatic ring is 1. The Morgan fingerprint density at radius 3 is 2.87 bits per heavy atom. The molecule has 0 radical (unpaired) electrons. The first kappa shape index (κ1) is 13.8. The zero-order chi connectivity index (χ0) is 15.8. The summed E-state index contributed by atoms with van der Waals surface area (Å²) in [6.07, 6.45) is 0. The predicted octanol–water partition coefficient (Wildman–Crippen LogP) is 2.73. The maximum atomic E-state index is 5.77. The van der Waals surface area contributed by atoms with E-state index < -0.39 is 0 Å². The van der Waals surface area contributed by atoms with E-state index in [1.165, 1.54) is 0 Å². The van der Waals surface area contributed by atoms with Crippen LogP contribution < -0.4 is 19.9 Å². The van der Waals surface area contributed by atoms with Gasteiger partial charge in [-0.1, -0.05) is 6.07 Å². The van der Waals surface area contributed by atoms with E-state index in [4.69, 9.17) is 19.9 Å². The molecule has 0 amide bonds. The van der Waals surface area contributed by atoms with Crippen molar-refractivity contribution >= 4 is 16.7 Å². The van der Waals surface area contributed by atoms with Gasteiger partial charge < -0.3 is 24.5 Å². The minimum Gasteiger partial charge on any atom is -0.492 e. The summed E-state index contributed by atoms with van der Waals surface area (Å²) in [7, 11) is 0. The molecule has 2 heterocycles. The molecule has 23 heavy (non-hydrogen) atoms. The summed E-state index contributed by atoms with van der Waals surface area (Å²) in [5.41, 5.74) is 8.36. The summed E-state index contributed by atoms with van der Waals surface area (Å²) in [5.74, 6) is 3.21. The van der Waals surface area contributed by atoms with Crippen molar-refractivity contribution in [3.8, 4) is 17.2 Å². The van der Waals surface area contributed by atoms with E-state index in [0.717, 1.165) is 34.1 Å². The van der Waals surface area contributed by atoms with E-state index in [9.17, 15) is 0 Å². The van der Waals surface area contributed by atoms with E-state index >= 15 is 0 Å². The number of aromatic nitrogens is 2. The summed E-state index contributed by atoms with van der Waals surface area (Å²) in [6, 6.07) is 11.3. The van der Waals surface area contributed by atoms with Crippen molar-refractivity contribution in [2.24, 2.45) is 0 Å². The number of rotatable bonds is 4. The lowest BCUT2D eigenvalue weighted by Crippen LogP contribution is -2.09. The predicted molar refractivity (Wildman–Crippen MR) is 86.9 cm³/mol. The Labute approximate surface area is 133 Å². The van der Waals surface area contributed by atoms with Crippen LogP contribution in [0.3, 0.4) is 0 Å². The SMILES string of the molecule is Cc1nc2cc3c(cc2n1CCOc1cccc(N)c1)OCO3. The van der Waals surface area contributed by atoms with Crippen molar-refractivity contribution in [1.29, 1.82) is 0 Å². The fourth-order valence-corrected chi connectivity index (χ4v) is 2.78. The lowest BCUT2D eigenvalue weighted by Gasteiger charge is -2.10. The second-order valence-corrected chi connectivity index (χ2v) is 5.43. The highest BCUT2D eigenvalue weighted by Crippen LogP contribution is 2.36. The first-order valence-electron chi connectivity index (χ1n) is 7.45. The molecular formula is C17H17N3O3. The monoisotopic (exact) mass is 311 g/mol. The molecule has 0 unspecified atom stereocenters. The van der Waals surface area contributed by atoms with Crippen LogP contribution in [0.1, 0.15) is 5.82 Å². The van der Waals surface area contributed by atoms with Gasteiger partial charge in [0.2, 0.25) is 6.79 Å². The molecule has 0 aliphatic carbocycles. The molecule has 6 heteroatoms. The van der Waals surface area contributed by atoms with E-state index in [1.54, 1.807) is 0 Å². The van der Waals surface area contributed by atoms with Crippen LogP contribution in [0.4, 0.5) is 5.69 Å². The summed E-state index contributed by atoms with van der Waals surface area (Å²) in [4.78, 5) is 4.58. The van der Waals surface area contributed by atoms with E-state index in [0.29, 0.717) is 18.8 Å². The molecule has 0 fully saturated rings. The van der Waals surface area contributed by atoms with Crippen LogP contribution in [-0.2, 0) is 6.54 Å². The molecule has 2 aromatic carbocycles. The van der Waals surface area contributed by atoms with E-state index in [-0.39, 0.29) is 6.79 Å². The molecule has 0 saturated carbocycles. The van der Waals surface area contributed by atoms with Gasteiger partial charge in [0.05, 0.1) is 17.6 Å². The highest BCUT2D eigenvalue weighted by molar-refractivity contribution is 5.81. The van der Waals surface area contributed by atoms with Crippen molar-refractivity contribution < 1.29 is 14.2 Å². The fraction of sp³-hybridized carbons (Fsp3) is 0.235. The summed E-state index contributed by atoms with van der Waals surface area (Å²) >= 11 is 0. The fourth-order valence-electron chi connectivity index (χ4n) is 2.78. The summed E-state index contributed by atoms with van der Waals surface area (Å²) < 4.78 is 18.7. The Hall–Kier alpha value is -2.89. The number of hydrogen-bond acceptors (Lipinski definition) is 5. The normalized spacial score (nSPS) is 12.7. The van der Waals surface area contributed by atoms with Crippen LogP contribution in [-0.4, -0.2) is 23.0 Å². The van der Waals surface area contributed by atoms with E-state index in [1.807, 2.05) is 43.3 Å². The summed E-state index contributed by atoms with van der Waals surface area (Å²) in [6.45, 7) is 3.47. The molecule has 2 N–H and O–H groups in total. The Kier molecular flexibility index (Phi) is 3.22. The topological polar surface area (TPSA) is 71.5 Å².